The first-order valence-electron chi connectivity index (χ1n) is 14.6. The van der Waals surface area contributed by atoms with Gasteiger partial charge >= 0.3 is 0 Å². The van der Waals surface area contributed by atoms with Gasteiger partial charge in [-0.2, -0.15) is 5.10 Å². The minimum atomic E-state index is -0.277. The lowest BCUT2D eigenvalue weighted by atomic mass is 9.98. The van der Waals surface area contributed by atoms with E-state index in [0.29, 0.717) is 28.8 Å². The third kappa shape index (κ3) is 7.13. The number of carbonyl (C=O) groups is 2. The summed E-state index contributed by atoms with van der Waals surface area (Å²) in [6.45, 7) is 0.693. The molecule has 0 saturated carbocycles. The van der Waals surface area contributed by atoms with Gasteiger partial charge in [0.15, 0.2) is 11.0 Å². The third-order valence-electron chi connectivity index (χ3n) is 7.54. The van der Waals surface area contributed by atoms with Crippen LogP contribution in [0.3, 0.4) is 0 Å². The molecule has 1 N–H and O–H groups in total. The second-order valence-electron chi connectivity index (χ2n) is 10.4. The number of hydrogen-bond acceptors (Lipinski definition) is 9. The standard InChI is InChI=1S/C34H32N6O4S2/c1-43-26-14-10-24(11-15-26)28-19-29(25-12-16-27(44-2)17-13-25)40(38-28)32(41)22-46-34-37-36-31(20-35-33(42)30-9-6-18-45-30)39(34)21-23-7-4-3-5-8-23/h3-18,29H,19-22H2,1-2H3,(H,35,42)/t29-/m0/s1. The minimum absolute atomic E-state index is 0.0977. The normalized spacial score (nSPS) is 14.2. The van der Waals surface area contributed by atoms with Gasteiger partial charge in [-0.1, -0.05) is 60.3 Å². The SMILES string of the molecule is COc1ccc(C2=NN(C(=O)CSc3nnc(CNC(=O)c4cccs4)n3Cc3ccccc3)[C@H](c3ccc(OC)cc3)C2)cc1. The number of nitrogens with zero attached hydrogens (tertiary/aromatic N) is 5. The molecular formula is C34H32N6O4S2. The Morgan fingerprint density at radius 2 is 1.63 bits per heavy atom. The number of nitrogens with one attached hydrogen (secondary N) is 1. The fraction of sp³-hybridized carbons (Fsp3) is 0.206. The van der Waals surface area contributed by atoms with Crippen molar-refractivity contribution in [1.29, 1.82) is 0 Å². The highest BCUT2D eigenvalue weighted by Gasteiger charge is 2.33. The molecule has 5 aromatic rings. The van der Waals surface area contributed by atoms with Crippen molar-refractivity contribution in [3.05, 3.63) is 124 Å². The van der Waals surface area contributed by atoms with Crippen molar-refractivity contribution in [2.75, 3.05) is 20.0 Å². The van der Waals surface area contributed by atoms with E-state index in [0.717, 1.165) is 33.9 Å². The number of ether oxygens (including phenoxy) is 2. The number of rotatable bonds is 12. The topological polar surface area (TPSA) is 111 Å². The third-order valence-corrected chi connectivity index (χ3v) is 9.36. The molecule has 234 valence electrons. The van der Waals surface area contributed by atoms with E-state index >= 15 is 0 Å². The summed E-state index contributed by atoms with van der Waals surface area (Å²) < 4.78 is 12.6. The van der Waals surface area contributed by atoms with Crippen LogP contribution in [0.15, 0.2) is 107 Å². The maximum atomic E-state index is 13.9. The monoisotopic (exact) mass is 652 g/mol. The van der Waals surface area contributed by atoms with Crippen molar-refractivity contribution >= 4 is 40.6 Å². The molecule has 0 unspecified atom stereocenters. The van der Waals surface area contributed by atoms with Gasteiger partial charge in [0, 0.05) is 6.42 Å². The molecule has 3 heterocycles. The fourth-order valence-electron chi connectivity index (χ4n) is 5.11. The first-order chi connectivity index (χ1) is 22.5. The summed E-state index contributed by atoms with van der Waals surface area (Å²) in [6, 6.07) is 28.7. The molecule has 0 spiro atoms. The van der Waals surface area contributed by atoms with Crippen LogP contribution in [0.25, 0.3) is 0 Å². The van der Waals surface area contributed by atoms with Crippen LogP contribution in [0.5, 0.6) is 11.5 Å². The molecule has 0 fully saturated rings. The largest absolute Gasteiger partial charge is 0.497 e. The van der Waals surface area contributed by atoms with Gasteiger partial charge in [0.05, 0.1) is 49.7 Å². The molecule has 0 aliphatic carbocycles. The van der Waals surface area contributed by atoms with Crippen molar-refractivity contribution in [1.82, 2.24) is 25.1 Å². The van der Waals surface area contributed by atoms with Crippen LogP contribution in [0, 0.1) is 0 Å². The number of hydrogen-bond donors (Lipinski definition) is 1. The molecule has 1 atom stereocenters. The average molecular weight is 653 g/mol. The van der Waals surface area contributed by atoms with E-state index in [2.05, 4.69) is 15.5 Å². The molecular weight excluding hydrogens is 621 g/mol. The molecule has 6 rings (SSSR count). The number of thioether (sulfide) groups is 1. The summed E-state index contributed by atoms with van der Waals surface area (Å²) in [5, 5.41) is 20.6. The molecule has 0 saturated heterocycles. The molecule has 46 heavy (non-hydrogen) atoms. The molecule has 3 aromatic carbocycles. The number of hydrazone groups is 1. The smallest absolute Gasteiger partial charge is 0.261 e. The summed E-state index contributed by atoms with van der Waals surface area (Å²) in [4.78, 5) is 27.1. The Morgan fingerprint density at radius 3 is 2.30 bits per heavy atom. The van der Waals surface area contributed by atoms with Gasteiger partial charge in [-0.05, 0) is 64.5 Å². The zero-order valence-corrected chi connectivity index (χ0v) is 27.0. The summed E-state index contributed by atoms with van der Waals surface area (Å²) in [5.74, 6) is 1.87. The highest BCUT2D eigenvalue weighted by Crippen LogP contribution is 2.35. The lowest BCUT2D eigenvalue weighted by Crippen LogP contribution is -2.28. The molecule has 1 aliphatic heterocycles. The van der Waals surface area contributed by atoms with Crippen LogP contribution in [-0.2, 0) is 17.9 Å². The maximum absolute atomic E-state index is 13.9. The maximum Gasteiger partial charge on any atom is 0.261 e. The lowest BCUT2D eigenvalue weighted by Gasteiger charge is -2.22. The van der Waals surface area contributed by atoms with Gasteiger partial charge < -0.3 is 19.4 Å². The molecule has 1 aliphatic rings. The van der Waals surface area contributed by atoms with E-state index in [9.17, 15) is 9.59 Å². The van der Waals surface area contributed by atoms with Gasteiger partial charge in [-0.15, -0.1) is 21.5 Å². The zero-order valence-electron chi connectivity index (χ0n) is 25.3. The Hall–Kier alpha value is -4.94. The van der Waals surface area contributed by atoms with E-state index in [1.165, 1.54) is 23.1 Å². The molecule has 2 amide bonds. The van der Waals surface area contributed by atoms with E-state index in [1.54, 1.807) is 25.3 Å². The quantitative estimate of drug-likeness (QED) is 0.170. The molecule has 10 nitrogen and oxygen atoms in total. The average Bonchev–Trinajstić information content (AvgIpc) is 3.88. The number of aromatic nitrogens is 3. The predicted molar refractivity (Wildman–Crippen MR) is 179 cm³/mol. The van der Waals surface area contributed by atoms with Gasteiger partial charge in [0.25, 0.3) is 11.8 Å². The number of amides is 2. The van der Waals surface area contributed by atoms with Gasteiger partial charge in [-0.3, -0.25) is 9.59 Å². The van der Waals surface area contributed by atoms with Crippen molar-refractivity contribution in [3.63, 3.8) is 0 Å². The number of thiophene rings is 1. The lowest BCUT2D eigenvalue weighted by molar-refractivity contribution is -0.130. The first-order valence-corrected chi connectivity index (χ1v) is 16.5. The van der Waals surface area contributed by atoms with Crippen molar-refractivity contribution in [2.24, 2.45) is 5.10 Å². The van der Waals surface area contributed by atoms with Crippen LogP contribution < -0.4 is 14.8 Å². The first kappa shape index (κ1) is 31.1. The Labute approximate surface area is 275 Å². The second-order valence-corrected chi connectivity index (χ2v) is 12.3. The number of carbonyl (C=O) groups excluding carboxylic acids is 2. The second kappa shape index (κ2) is 14.4. The molecule has 2 aromatic heterocycles. The highest BCUT2D eigenvalue weighted by molar-refractivity contribution is 7.99. The van der Waals surface area contributed by atoms with Crippen LogP contribution in [0.1, 0.15) is 44.6 Å². The summed E-state index contributed by atoms with van der Waals surface area (Å²) >= 11 is 2.68. The highest BCUT2D eigenvalue weighted by atomic mass is 32.2. The van der Waals surface area contributed by atoms with Crippen LogP contribution >= 0.6 is 23.1 Å². The van der Waals surface area contributed by atoms with Gasteiger partial charge in [0.1, 0.15) is 11.5 Å². The Morgan fingerprint density at radius 1 is 0.913 bits per heavy atom. The van der Waals surface area contributed by atoms with Crippen LogP contribution in [0.4, 0.5) is 0 Å². The Balaban J connectivity index is 1.22. The van der Waals surface area contributed by atoms with Gasteiger partial charge in [-0.25, -0.2) is 5.01 Å². The number of benzene rings is 3. The van der Waals surface area contributed by atoms with E-state index in [4.69, 9.17) is 14.6 Å². The summed E-state index contributed by atoms with van der Waals surface area (Å²) in [6.07, 6.45) is 0.563. The van der Waals surface area contributed by atoms with Crippen LogP contribution in [-0.4, -0.2) is 57.3 Å². The van der Waals surface area contributed by atoms with Crippen molar-refractivity contribution < 1.29 is 19.1 Å². The predicted octanol–water partition coefficient (Wildman–Crippen LogP) is 5.81. The Kier molecular flexibility index (Phi) is 9.75. The molecule has 0 bridgehead atoms. The van der Waals surface area contributed by atoms with Crippen molar-refractivity contribution in [2.45, 2.75) is 30.7 Å². The van der Waals surface area contributed by atoms with E-state index in [1.807, 2.05) is 94.9 Å². The zero-order chi connectivity index (χ0) is 31.9. The van der Waals surface area contributed by atoms with E-state index < -0.39 is 0 Å². The summed E-state index contributed by atoms with van der Waals surface area (Å²) in [5.41, 5.74) is 3.76. The molecule has 0 radical (unpaired) electrons. The number of methoxy groups -OCH3 is 2. The van der Waals surface area contributed by atoms with E-state index in [-0.39, 0.29) is 30.2 Å². The summed E-state index contributed by atoms with van der Waals surface area (Å²) in [7, 11) is 3.26. The fourth-order valence-corrected chi connectivity index (χ4v) is 6.56. The van der Waals surface area contributed by atoms with Crippen molar-refractivity contribution in [3.8, 4) is 11.5 Å². The Bertz CT molecular complexity index is 1810. The minimum Gasteiger partial charge on any atom is -0.497 e. The molecule has 12 heteroatoms. The van der Waals surface area contributed by atoms with Gasteiger partial charge in [0.2, 0.25) is 0 Å². The van der Waals surface area contributed by atoms with Crippen LogP contribution in [0.2, 0.25) is 0 Å².